The number of aromatic hydroxyl groups is 1. The molecule has 3 heterocycles. The van der Waals surface area contributed by atoms with Crippen LogP contribution in [0.5, 0.6) is 17.2 Å². The number of phenolic OH excluding ortho intramolecular Hbond substituents is 1. The van der Waals surface area contributed by atoms with Gasteiger partial charge in [0.05, 0.1) is 42.3 Å². The highest BCUT2D eigenvalue weighted by atomic mass is 79.9. The topological polar surface area (TPSA) is 157 Å². The molecule has 0 spiro atoms. The Morgan fingerprint density at radius 3 is 2.50 bits per heavy atom. The minimum Gasteiger partial charge on any atom is -0.507 e. The molecule has 48 heavy (non-hydrogen) atoms. The maximum atomic E-state index is 14.1. The van der Waals surface area contributed by atoms with Gasteiger partial charge in [-0.1, -0.05) is 24.3 Å². The summed E-state index contributed by atoms with van der Waals surface area (Å²) in [6, 6.07) is 7.72. The lowest BCUT2D eigenvalue weighted by Crippen LogP contribution is -2.40. The molecule has 0 fully saturated rings. The van der Waals surface area contributed by atoms with Gasteiger partial charge in [0, 0.05) is 67.3 Å². The number of aryl methyl sites for hydroxylation is 3. The van der Waals surface area contributed by atoms with Gasteiger partial charge in [-0.3, -0.25) is 14.4 Å². The quantitative estimate of drug-likeness (QED) is 0.234. The molecule has 2 aromatic heterocycles. The smallest absolute Gasteiger partial charge is 0.347 e. The number of allylic oxidation sites excluding steroid dienone is 6. The number of methoxy groups -OCH3 is 2. The molecule has 1 N–H and O–H groups in total. The Kier molecular flexibility index (Phi) is 7.50. The third-order valence-electron chi connectivity index (χ3n) is 9.48. The molecule has 2 unspecified atom stereocenters. The number of aromatic nitrogens is 5. The number of phenols is 1. The van der Waals surface area contributed by atoms with E-state index in [1.54, 1.807) is 50.4 Å². The van der Waals surface area contributed by atoms with E-state index in [-0.39, 0.29) is 70.1 Å². The summed E-state index contributed by atoms with van der Waals surface area (Å²) in [5, 5.41) is 11.1. The predicted octanol–water partition coefficient (Wildman–Crippen LogP) is 2.73. The van der Waals surface area contributed by atoms with E-state index in [9.17, 15) is 29.1 Å². The van der Waals surface area contributed by atoms with Crippen molar-refractivity contribution in [2.24, 2.45) is 7.05 Å². The Hall–Kier alpha value is -5.24. The van der Waals surface area contributed by atoms with Crippen molar-refractivity contribution in [3.63, 3.8) is 0 Å². The SMILES string of the molecule is COc1cc2nc(CCn3c(=O)n4n(c3=O)C3CC5=C(C(=O)C=C(Br)C5=O)C(c5cccc(C)c5O)C3=CC4)c(=O)n(C)c2cc1OC. The van der Waals surface area contributed by atoms with Crippen LogP contribution in [0.1, 0.15) is 35.2 Å². The Bertz CT molecular complexity index is 2390. The minimum atomic E-state index is -0.813. The Morgan fingerprint density at radius 2 is 1.77 bits per heavy atom. The second kappa shape index (κ2) is 11.5. The number of rotatable bonds is 6. The standard InChI is InChI=1S/C34H30BrN5O8/c1-16-6-5-7-18(30(16)42)28-17-8-11-39-33(45)38(34(46)40(39)23(17)12-19-29(28)25(41)13-20(35)31(19)43)10-9-21-32(44)37(2)24-15-27(48-4)26(47-3)14-22(24)36-21/h5-8,13-15,23,28,42H,9-12H2,1-4H3. The summed E-state index contributed by atoms with van der Waals surface area (Å²) < 4.78 is 16.0. The molecule has 1 aliphatic heterocycles. The van der Waals surface area contributed by atoms with Crippen molar-refractivity contribution in [2.75, 3.05) is 14.2 Å². The number of hydrogen-bond acceptors (Lipinski definition) is 9. The zero-order valence-electron chi connectivity index (χ0n) is 26.4. The van der Waals surface area contributed by atoms with Crippen LogP contribution in [0, 0.1) is 6.92 Å². The number of para-hydroxylation sites is 1. The number of ether oxygens (including phenoxy) is 2. The average molecular weight is 717 g/mol. The number of hydrogen-bond donors (Lipinski definition) is 1. The maximum Gasteiger partial charge on any atom is 0.347 e. The van der Waals surface area contributed by atoms with E-state index in [0.29, 0.717) is 39.2 Å². The predicted molar refractivity (Wildman–Crippen MR) is 178 cm³/mol. The summed E-state index contributed by atoms with van der Waals surface area (Å²) in [6.07, 6.45) is 3.01. The first-order valence-electron chi connectivity index (χ1n) is 15.2. The molecule has 0 saturated carbocycles. The van der Waals surface area contributed by atoms with Crippen LogP contribution in [-0.2, 0) is 36.1 Å². The number of fused-ring (bicyclic) bond motifs is 4. The third-order valence-corrected chi connectivity index (χ3v) is 10.1. The van der Waals surface area contributed by atoms with Crippen molar-refractivity contribution in [1.82, 2.24) is 23.5 Å². The van der Waals surface area contributed by atoms with Gasteiger partial charge in [-0.2, -0.15) is 0 Å². The van der Waals surface area contributed by atoms with Crippen molar-refractivity contribution in [3.8, 4) is 17.2 Å². The number of benzene rings is 2. The zero-order chi connectivity index (χ0) is 34.2. The van der Waals surface area contributed by atoms with Gasteiger partial charge in [0.1, 0.15) is 11.4 Å². The molecular formula is C34H30BrN5O8. The van der Waals surface area contributed by atoms with Gasteiger partial charge in [0.25, 0.3) is 5.56 Å². The van der Waals surface area contributed by atoms with Crippen molar-refractivity contribution in [3.05, 3.63) is 112 Å². The van der Waals surface area contributed by atoms with Crippen LogP contribution in [0.4, 0.5) is 0 Å². The van der Waals surface area contributed by atoms with Gasteiger partial charge in [0.2, 0.25) is 0 Å². The molecule has 2 atom stereocenters. The first-order chi connectivity index (χ1) is 23.0. The molecule has 0 amide bonds. The van der Waals surface area contributed by atoms with Crippen LogP contribution in [0.3, 0.4) is 0 Å². The molecule has 7 rings (SSSR count). The molecule has 13 nitrogen and oxygen atoms in total. The fourth-order valence-electron chi connectivity index (χ4n) is 7.08. The lowest BCUT2D eigenvalue weighted by molar-refractivity contribution is -0.115. The average Bonchev–Trinajstić information content (AvgIpc) is 3.32. The van der Waals surface area contributed by atoms with E-state index >= 15 is 0 Å². The molecule has 2 aliphatic carbocycles. The van der Waals surface area contributed by atoms with E-state index in [1.807, 2.05) is 0 Å². The first kappa shape index (κ1) is 31.4. The Balaban J connectivity index is 1.30. The Labute approximate surface area is 280 Å². The van der Waals surface area contributed by atoms with Gasteiger partial charge < -0.3 is 19.1 Å². The second-order valence-electron chi connectivity index (χ2n) is 12.0. The number of carbonyl (C=O) groups excluding carboxylic acids is 2. The third kappa shape index (κ3) is 4.57. The van der Waals surface area contributed by atoms with Crippen LogP contribution < -0.4 is 26.4 Å². The molecule has 2 aromatic carbocycles. The van der Waals surface area contributed by atoms with Crippen LogP contribution >= 0.6 is 15.9 Å². The molecule has 4 aromatic rings. The molecule has 3 aliphatic rings. The fraction of sp³-hybridized carbons (Fsp3) is 0.294. The zero-order valence-corrected chi connectivity index (χ0v) is 28.0. The number of carbonyl (C=O) groups is 2. The number of Topliss-reactive ketones (excluding diaryl/α,β-unsaturated/α-hetero) is 1. The van der Waals surface area contributed by atoms with E-state index in [1.165, 1.54) is 34.2 Å². The minimum absolute atomic E-state index is 0.000808. The molecule has 0 radical (unpaired) electrons. The summed E-state index contributed by atoms with van der Waals surface area (Å²) in [5.74, 6) is -0.710. The lowest BCUT2D eigenvalue weighted by atomic mass is 9.68. The monoisotopic (exact) mass is 715 g/mol. The van der Waals surface area contributed by atoms with Crippen LogP contribution in [-0.4, -0.2) is 54.4 Å². The van der Waals surface area contributed by atoms with E-state index in [4.69, 9.17) is 9.47 Å². The normalized spacial score (nSPS) is 18.7. The van der Waals surface area contributed by atoms with Gasteiger partial charge in [-0.15, -0.1) is 0 Å². The van der Waals surface area contributed by atoms with Gasteiger partial charge >= 0.3 is 11.4 Å². The van der Waals surface area contributed by atoms with Crippen LogP contribution in [0.2, 0.25) is 0 Å². The largest absolute Gasteiger partial charge is 0.507 e. The highest BCUT2D eigenvalue weighted by molar-refractivity contribution is 9.12. The Morgan fingerprint density at radius 1 is 1.04 bits per heavy atom. The van der Waals surface area contributed by atoms with Crippen molar-refractivity contribution in [2.45, 2.75) is 44.8 Å². The van der Waals surface area contributed by atoms with Crippen molar-refractivity contribution in [1.29, 1.82) is 0 Å². The molecule has 246 valence electrons. The number of nitrogens with zero attached hydrogens (tertiary/aromatic N) is 5. The van der Waals surface area contributed by atoms with Gasteiger partial charge in [-0.05, 0) is 34.0 Å². The first-order valence-corrected chi connectivity index (χ1v) is 16.0. The number of halogens is 1. The van der Waals surface area contributed by atoms with E-state index in [2.05, 4.69) is 20.9 Å². The highest BCUT2D eigenvalue weighted by Gasteiger charge is 2.45. The molecule has 14 heteroatoms. The fourth-order valence-corrected chi connectivity index (χ4v) is 7.52. The summed E-state index contributed by atoms with van der Waals surface area (Å²) in [4.78, 5) is 72.5. The van der Waals surface area contributed by atoms with E-state index in [0.717, 1.165) is 4.57 Å². The summed E-state index contributed by atoms with van der Waals surface area (Å²) in [5.41, 5.74) is 1.69. The van der Waals surface area contributed by atoms with E-state index < -0.39 is 23.3 Å². The van der Waals surface area contributed by atoms with Crippen LogP contribution in [0.15, 0.2) is 78.1 Å². The molecular weight excluding hydrogens is 686 g/mol. The van der Waals surface area contributed by atoms with Gasteiger partial charge in [0.15, 0.2) is 23.1 Å². The molecule has 0 saturated heterocycles. The lowest BCUT2D eigenvalue weighted by Gasteiger charge is -2.39. The van der Waals surface area contributed by atoms with Crippen LogP contribution in [0.25, 0.3) is 11.0 Å². The summed E-state index contributed by atoms with van der Waals surface area (Å²) in [7, 11) is 4.59. The second-order valence-corrected chi connectivity index (χ2v) is 12.8. The number of ketones is 2. The summed E-state index contributed by atoms with van der Waals surface area (Å²) in [6.45, 7) is 1.63. The molecule has 0 bridgehead atoms. The summed E-state index contributed by atoms with van der Waals surface area (Å²) >= 11 is 3.21. The maximum absolute atomic E-state index is 14.1. The van der Waals surface area contributed by atoms with Crippen molar-refractivity contribution < 1.29 is 24.2 Å². The highest BCUT2D eigenvalue weighted by Crippen LogP contribution is 2.51. The van der Waals surface area contributed by atoms with Crippen molar-refractivity contribution >= 4 is 38.5 Å². The van der Waals surface area contributed by atoms with Gasteiger partial charge in [-0.25, -0.2) is 28.5 Å².